The molecular formula is C22H22FN3O5. The Morgan fingerprint density at radius 1 is 1.32 bits per heavy atom. The average molecular weight is 427 g/mol. The summed E-state index contributed by atoms with van der Waals surface area (Å²) in [6, 6.07) is 7.56. The second-order valence-corrected chi connectivity index (χ2v) is 7.89. The van der Waals surface area contributed by atoms with Gasteiger partial charge in [-0.15, -0.1) is 4.91 Å². The number of carbonyl (C=O) groups excluding carboxylic acids is 1. The van der Waals surface area contributed by atoms with Gasteiger partial charge in [-0.25, -0.2) is 4.39 Å². The number of benzene rings is 2. The lowest BCUT2D eigenvalue weighted by Gasteiger charge is -2.21. The highest BCUT2D eigenvalue weighted by molar-refractivity contribution is 5.99. The van der Waals surface area contributed by atoms with Gasteiger partial charge >= 0.3 is 0 Å². The SMILES string of the molecule is CC(C)CC(=O)Nc1ccc2c(N=O)c(O)n(Cc3cc(F)cc4c3OCOC4)c2c1. The first-order chi connectivity index (χ1) is 14.9. The molecule has 2 heterocycles. The van der Waals surface area contributed by atoms with Gasteiger partial charge in [0, 0.05) is 28.6 Å². The van der Waals surface area contributed by atoms with Gasteiger partial charge < -0.3 is 24.5 Å². The summed E-state index contributed by atoms with van der Waals surface area (Å²) < 4.78 is 26.4. The number of hydrogen-bond donors (Lipinski definition) is 2. The number of aromatic hydroxyl groups is 1. The van der Waals surface area contributed by atoms with Crippen molar-refractivity contribution in [2.24, 2.45) is 11.1 Å². The third kappa shape index (κ3) is 4.09. The Hall–Kier alpha value is -3.46. The summed E-state index contributed by atoms with van der Waals surface area (Å²) in [5.74, 6) is -0.269. The minimum Gasteiger partial charge on any atom is -0.493 e. The van der Waals surface area contributed by atoms with Crippen molar-refractivity contribution in [3.63, 3.8) is 0 Å². The average Bonchev–Trinajstić information content (AvgIpc) is 2.97. The largest absolute Gasteiger partial charge is 0.493 e. The van der Waals surface area contributed by atoms with E-state index < -0.39 is 5.82 Å². The maximum Gasteiger partial charge on any atom is 0.224 e. The van der Waals surface area contributed by atoms with E-state index in [2.05, 4.69) is 10.5 Å². The Labute approximate surface area is 177 Å². The van der Waals surface area contributed by atoms with Crippen molar-refractivity contribution in [1.82, 2.24) is 4.57 Å². The van der Waals surface area contributed by atoms with E-state index in [-0.39, 0.29) is 43.3 Å². The number of anilines is 1. The Bertz CT molecular complexity index is 1170. The summed E-state index contributed by atoms with van der Waals surface area (Å²) in [7, 11) is 0. The van der Waals surface area contributed by atoms with Crippen molar-refractivity contribution >= 4 is 28.2 Å². The van der Waals surface area contributed by atoms with Crippen LogP contribution in [0.2, 0.25) is 0 Å². The molecule has 0 aliphatic carbocycles. The van der Waals surface area contributed by atoms with Crippen LogP contribution in [0.15, 0.2) is 35.5 Å². The monoisotopic (exact) mass is 427 g/mol. The molecule has 0 unspecified atom stereocenters. The molecule has 162 valence electrons. The molecule has 4 rings (SSSR count). The molecule has 0 saturated heterocycles. The summed E-state index contributed by atoms with van der Waals surface area (Å²) >= 11 is 0. The first kappa shape index (κ1) is 20.8. The minimum atomic E-state index is -0.464. The lowest BCUT2D eigenvalue weighted by molar-refractivity contribution is -0.116. The summed E-state index contributed by atoms with van der Waals surface area (Å²) in [5.41, 5.74) is 1.91. The third-order valence-electron chi connectivity index (χ3n) is 5.06. The van der Waals surface area contributed by atoms with E-state index in [0.29, 0.717) is 39.9 Å². The van der Waals surface area contributed by atoms with E-state index in [1.54, 1.807) is 18.2 Å². The zero-order chi connectivity index (χ0) is 22.1. The van der Waals surface area contributed by atoms with Crippen molar-refractivity contribution in [3.05, 3.63) is 52.2 Å². The fourth-order valence-electron chi connectivity index (χ4n) is 3.77. The zero-order valence-corrected chi connectivity index (χ0v) is 17.1. The molecule has 2 aromatic carbocycles. The number of nitrogens with one attached hydrogen (secondary N) is 1. The molecule has 0 saturated carbocycles. The van der Waals surface area contributed by atoms with Crippen molar-refractivity contribution in [3.8, 4) is 11.6 Å². The molecule has 0 bridgehead atoms. The summed E-state index contributed by atoms with van der Waals surface area (Å²) in [4.78, 5) is 23.5. The molecule has 0 fully saturated rings. The topological polar surface area (TPSA) is 102 Å². The summed E-state index contributed by atoms with van der Waals surface area (Å²) in [6.45, 7) is 4.17. The molecule has 0 spiro atoms. The smallest absolute Gasteiger partial charge is 0.224 e. The van der Waals surface area contributed by atoms with Gasteiger partial charge in [-0.1, -0.05) is 13.8 Å². The van der Waals surface area contributed by atoms with E-state index in [9.17, 15) is 19.2 Å². The Morgan fingerprint density at radius 2 is 2.13 bits per heavy atom. The minimum absolute atomic E-state index is 0.0291. The molecule has 3 aromatic rings. The van der Waals surface area contributed by atoms with E-state index in [4.69, 9.17) is 9.47 Å². The second kappa shape index (κ2) is 8.35. The lowest BCUT2D eigenvalue weighted by atomic mass is 10.1. The Kier molecular flexibility index (Phi) is 5.60. The molecule has 8 nitrogen and oxygen atoms in total. The number of rotatable bonds is 6. The summed E-state index contributed by atoms with van der Waals surface area (Å²) in [6.07, 6.45) is 0.361. The van der Waals surface area contributed by atoms with Gasteiger partial charge in [0.2, 0.25) is 11.8 Å². The van der Waals surface area contributed by atoms with Crippen molar-refractivity contribution < 1.29 is 23.8 Å². The van der Waals surface area contributed by atoms with Crippen LogP contribution in [0.3, 0.4) is 0 Å². The van der Waals surface area contributed by atoms with Gasteiger partial charge in [0.1, 0.15) is 11.6 Å². The predicted molar refractivity (Wildman–Crippen MR) is 113 cm³/mol. The fourth-order valence-corrected chi connectivity index (χ4v) is 3.77. The first-order valence-corrected chi connectivity index (χ1v) is 9.87. The van der Waals surface area contributed by atoms with Crippen LogP contribution in [-0.2, 0) is 22.7 Å². The van der Waals surface area contributed by atoms with Gasteiger partial charge in [0.15, 0.2) is 12.5 Å². The van der Waals surface area contributed by atoms with Crippen LogP contribution in [0.5, 0.6) is 11.6 Å². The third-order valence-corrected chi connectivity index (χ3v) is 5.06. The number of carbonyl (C=O) groups is 1. The standard InChI is InChI=1S/C22H22FN3O5/c1-12(2)5-19(27)24-16-3-4-17-18(8-16)26(22(28)20(17)25-29)9-13-6-15(23)7-14-10-30-11-31-21(13)14/h3-4,6-8,12,28H,5,9-11H2,1-2H3,(H,24,27). The van der Waals surface area contributed by atoms with Gasteiger partial charge in [-0.05, 0) is 41.4 Å². The highest BCUT2D eigenvalue weighted by Gasteiger charge is 2.22. The number of hydrogen-bond acceptors (Lipinski definition) is 6. The Morgan fingerprint density at radius 3 is 2.87 bits per heavy atom. The van der Waals surface area contributed by atoms with Crippen LogP contribution in [-0.4, -0.2) is 22.4 Å². The number of ether oxygens (including phenoxy) is 2. The normalized spacial score (nSPS) is 13.2. The fraction of sp³-hybridized carbons (Fsp3) is 0.318. The summed E-state index contributed by atoms with van der Waals surface area (Å²) in [5, 5.41) is 16.9. The molecular weight excluding hydrogens is 405 g/mol. The highest BCUT2D eigenvalue weighted by atomic mass is 19.1. The number of halogens is 1. The van der Waals surface area contributed by atoms with Crippen molar-refractivity contribution in [1.29, 1.82) is 0 Å². The number of nitroso groups, excluding NO2 is 1. The number of fused-ring (bicyclic) bond motifs is 2. The van der Waals surface area contributed by atoms with Crippen molar-refractivity contribution in [2.45, 2.75) is 33.4 Å². The molecule has 9 heteroatoms. The molecule has 1 aliphatic heterocycles. The number of nitrogens with zero attached hydrogens (tertiary/aromatic N) is 2. The predicted octanol–water partition coefficient (Wildman–Crippen LogP) is 4.78. The molecule has 0 radical (unpaired) electrons. The van der Waals surface area contributed by atoms with Crippen LogP contribution >= 0.6 is 0 Å². The number of aromatic nitrogens is 1. The maximum absolute atomic E-state index is 14.2. The van der Waals surface area contributed by atoms with E-state index in [0.717, 1.165) is 0 Å². The zero-order valence-electron chi connectivity index (χ0n) is 17.1. The highest BCUT2D eigenvalue weighted by Crippen LogP contribution is 2.41. The van der Waals surface area contributed by atoms with Crippen molar-refractivity contribution in [2.75, 3.05) is 12.1 Å². The molecule has 1 amide bonds. The lowest BCUT2D eigenvalue weighted by Crippen LogP contribution is -2.15. The molecule has 0 atom stereocenters. The molecule has 1 aromatic heterocycles. The molecule has 2 N–H and O–H groups in total. The van der Waals surface area contributed by atoms with Gasteiger partial charge in [-0.3, -0.25) is 4.79 Å². The quantitative estimate of drug-likeness (QED) is 0.551. The van der Waals surface area contributed by atoms with E-state index in [1.807, 2.05) is 13.8 Å². The number of amides is 1. The van der Waals surface area contributed by atoms with Crippen LogP contribution in [0.4, 0.5) is 15.8 Å². The van der Waals surface area contributed by atoms with Crippen LogP contribution in [0.1, 0.15) is 31.4 Å². The van der Waals surface area contributed by atoms with Crippen LogP contribution in [0.25, 0.3) is 10.9 Å². The van der Waals surface area contributed by atoms with Gasteiger partial charge in [0.25, 0.3) is 0 Å². The van der Waals surface area contributed by atoms with Crippen LogP contribution < -0.4 is 10.1 Å². The Balaban J connectivity index is 1.77. The van der Waals surface area contributed by atoms with Crippen LogP contribution in [0, 0.1) is 16.6 Å². The van der Waals surface area contributed by atoms with Gasteiger partial charge in [-0.2, -0.15) is 0 Å². The molecule has 1 aliphatic rings. The maximum atomic E-state index is 14.2. The molecule has 31 heavy (non-hydrogen) atoms. The van der Waals surface area contributed by atoms with E-state index >= 15 is 0 Å². The van der Waals surface area contributed by atoms with E-state index in [1.165, 1.54) is 16.7 Å². The van der Waals surface area contributed by atoms with Gasteiger partial charge in [0.05, 0.1) is 18.7 Å². The second-order valence-electron chi connectivity index (χ2n) is 7.89. The first-order valence-electron chi connectivity index (χ1n) is 9.87.